The molecule has 1 saturated carbocycles. The maximum atomic E-state index is 12.5. The van der Waals surface area contributed by atoms with Crippen molar-refractivity contribution in [2.45, 2.75) is 78.4 Å². The Hall–Kier alpha value is -0.770. The fourth-order valence-corrected chi connectivity index (χ4v) is 3.23. The standard InChI is InChI=1S/C17H31NO3/c1-15(2,3)21-14(20)18-11-16(4,5)7-6-13(18)10-17(12-19)8-9-17/h13,19H,6-12H2,1-5H3. The van der Waals surface area contributed by atoms with Gasteiger partial charge in [0, 0.05) is 19.2 Å². The molecule has 4 heteroatoms. The van der Waals surface area contributed by atoms with Gasteiger partial charge in [-0.1, -0.05) is 13.8 Å². The molecule has 122 valence electrons. The summed E-state index contributed by atoms with van der Waals surface area (Å²) in [5, 5.41) is 9.57. The van der Waals surface area contributed by atoms with Crippen molar-refractivity contribution < 1.29 is 14.6 Å². The highest BCUT2D eigenvalue weighted by Crippen LogP contribution is 2.51. The number of hydrogen-bond acceptors (Lipinski definition) is 3. The van der Waals surface area contributed by atoms with Gasteiger partial charge in [0.25, 0.3) is 0 Å². The highest BCUT2D eigenvalue weighted by Gasteiger charge is 2.47. The molecule has 2 rings (SSSR count). The van der Waals surface area contributed by atoms with Crippen LogP contribution in [-0.2, 0) is 4.74 Å². The second kappa shape index (κ2) is 5.45. The number of amides is 1. The normalized spacial score (nSPS) is 27.3. The Labute approximate surface area is 128 Å². The first-order valence-corrected chi connectivity index (χ1v) is 8.16. The molecule has 1 aliphatic carbocycles. The van der Waals surface area contributed by atoms with E-state index in [9.17, 15) is 9.90 Å². The molecule has 1 atom stereocenters. The van der Waals surface area contributed by atoms with Gasteiger partial charge in [0.05, 0.1) is 0 Å². The summed E-state index contributed by atoms with van der Waals surface area (Å²) in [5.41, 5.74) is -0.243. The van der Waals surface area contributed by atoms with Gasteiger partial charge in [-0.15, -0.1) is 0 Å². The Kier molecular flexibility index (Phi) is 4.31. The monoisotopic (exact) mass is 297 g/mol. The van der Waals surface area contributed by atoms with Crippen LogP contribution in [0.3, 0.4) is 0 Å². The smallest absolute Gasteiger partial charge is 0.410 e. The molecule has 2 aliphatic rings. The fourth-order valence-electron chi connectivity index (χ4n) is 3.23. The van der Waals surface area contributed by atoms with Gasteiger partial charge < -0.3 is 14.7 Å². The van der Waals surface area contributed by atoms with Gasteiger partial charge in [-0.05, 0) is 63.7 Å². The van der Waals surface area contributed by atoms with E-state index in [0.717, 1.165) is 38.6 Å². The molecular formula is C17H31NO3. The van der Waals surface area contributed by atoms with E-state index in [-0.39, 0.29) is 29.6 Å². The van der Waals surface area contributed by atoms with E-state index in [1.807, 2.05) is 25.7 Å². The average Bonchev–Trinajstić information content (AvgIpc) is 3.09. The molecule has 0 aromatic carbocycles. The van der Waals surface area contributed by atoms with Crippen molar-refractivity contribution in [3.8, 4) is 0 Å². The highest BCUT2D eigenvalue weighted by atomic mass is 16.6. The molecular weight excluding hydrogens is 266 g/mol. The van der Waals surface area contributed by atoms with Crippen LogP contribution in [0.5, 0.6) is 0 Å². The lowest BCUT2D eigenvalue weighted by Crippen LogP contribution is -2.52. The number of carbonyl (C=O) groups excluding carboxylic acids is 1. The van der Waals surface area contributed by atoms with Crippen LogP contribution in [0, 0.1) is 10.8 Å². The van der Waals surface area contributed by atoms with Crippen molar-refractivity contribution in [3.63, 3.8) is 0 Å². The Morgan fingerprint density at radius 2 is 1.90 bits per heavy atom. The second-order valence-corrected chi connectivity index (χ2v) is 8.83. The molecule has 0 radical (unpaired) electrons. The second-order valence-electron chi connectivity index (χ2n) is 8.83. The lowest BCUT2D eigenvalue weighted by atomic mass is 9.79. The van der Waals surface area contributed by atoms with E-state index in [1.54, 1.807) is 0 Å². The molecule has 2 fully saturated rings. The van der Waals surface area contributed by atoms with E-state index in [0.29, 0.717) is 0 Å². The lowest BCUT2D eigenvalue weighted by molar-refractivity contribution is -0.0140. The first kappa shape index (κ1) is 16.6. The van der Waals surface area contributed by atoms with Crippen LogP contribution < -0.4 is 0 Å². The van der Waals surface area contributed by atoms with Crippen molar-refractivity contribution >= 4 is 6.09 Å². The molecule has 0 aromatic rings. The summed E-state index contributed by atoms with van der Waals surface area (Å²) in [6.07, 6.45) is 5.02. The molecule has 1 saturated heterocycles. The van der Waals surface area contributed by atoms with Crippen molar-refractivity contribution in [3.05, 3.63) is 0 Å². The number of carbonyl (C=O) groups is 1. The maximum Gasteiger partial charge on any atom is 0.410 e. The number of nitrogens with zero attached hydrogens (tertiary/aromatic N) is 1. The van der Waals surface area contributed by atoms with E-state index in [4.69, 9.17) is 4.74 Å². The summed E-state index contributed by atoms with van der Waals surface area (Å²) in [7, 11) is 0. The summed E-state index contributed by atoms with van der Waals surface area (Å²) < 4.78 is 5.59. The van der Waals surface area contributed by atoms with Gasteiger partial charge in [0.15, 0.2) is 0 Å². The Balaban J connectivity index is 2.08. The minimum absolute atomic E-state index is 0.0758. The van der Waals surface area contributed by atoms with Crippen LogP contribution in [0.15, 0.2) is 0 Å². The largest absolute Gasteiger partial charge is 0.444 e. The van der Waals surface area contributed by atoms with Gasteiger partial charge in [0.2, 0.25) is 0 Å². The Morgan fingerprint density at radius 1 is 1.29 bits per heavy atom. The summed E-state index contributed by atoms with van der Waals surface area (Å²) in [4.78, 5) is 14.5. The van der Waals surface area contributed by atoms with Crippen LogP contribution in [0.4, 0.5) is 4.79 Å². The zero-order valence-corrected chi connectivity index (χ0v) is 14.2. The number of ether oxygens (including phenoxy) is 1. The third-order valence-electron chi connectivity index (χ3n) is 4.78. The summed E-state index contributed by atoms with van der Waals surface area (Å²) in [6, 6.07) is 0.211. The first-order valence-electron chi connectivity index (χ1n) is 8.16. The number of rotatable bonds is 3. The van der Waals surface area contributed by atoms with Gasteiger partial charge >= 0.3 is 6.09 Å². The zero-order valence-electron chi connectivity index (χ0n) is 14.2. The third kappa shape index (κ3) is 4.35. The third-order valence-corrected chi connectivity index (χ3v) is 4.78. The Morgan fingerprint density at radius 3 is 2.38 bits per heavy atom. The number of hydrogen-bond donors (Lipinski definition) is 1. The first-order chi connectivity index (χ1) is 9.56. The van der Waals surface area contributed by atoms with E-state index >= 15 is 0 Å². The number of piperidine rings is 1. The van der Waals surface area contributed by atoms with Crippen molar-refractivity contribution in [1.29, 1.82) is 0 Å². The Bertz CT molecular complexity index is 393. The molecule has 0 spiro atoms. The fraction of sp³-hybridized carbons (Fsp3) is 0.941. The predicted octanol–water partition coefficient (Wildman–Crippen LogP) is 3.57. The molecule has 1 heterocycles. The molecule has 0 aromatic heterocycles. The predicted molar refractivity (Wildman–Crippen MR) is 83.1 cm³/mol. The maximum absolute atomic E-state index is 12.5. The lowest BCUT2D eigenvalue weighted by Gasteiger charge is -2.45. The van der Waals surface area contributed by atoms with E-state index < -0.39 is 5.60 Å². The quantitative estimate of drug-likeness (QED) is 0.866. The number of likely N-dealkylation sites (tertiary alicyclic amines) is 1. The van der Waals surface area contributed by atoms with Crippen molar-refractivity contribution in [1.82, 2.24) is 4.90 Å². The van der Waals surface area contributed by atoms with Crippen LogP contribution in [0.25, 0.3) is 0 Å². The highest BCUT2D eigenvalue weighted by molar-refractivity contribution is 5.68. The van der Waals surface area contributed by atoms with Crippen LogP contribution in [0.1, 0.15) is 66.7 Å². The minimum Gasteiger partial charge on any atom is -0.444 e. The zero-order chi connectivity index (χ0) is 15.9. The SMILES string of the molecule is CC1(C)CCC(CC2(CO)CC2)N(C(=O)OC(C)(C)C)C1. The molecule has 1 unspecified atom stereocenters. The average molecular weight is 297 g/mol. The van der Waals surface area contributed by atoms with E-state index in [2.05, 4.69) is 13.8 Å². The summed E-state index contributed by atoms with van der Waals surface area (Å²) in [6.45, 7) is 11.1. The molecule has 1 N–H and O–H groups in total. The number of aliphatic hydroxyl groups is 1. The summed E-state index contributed by atoms with van der Waals surface area (Å²) >= 11 is 0. The van der Waals surface area contributed by atoms with Gasteiger partial charge in [-0.2, -0.15) is 0 Å². The van der Waals surface area contributed by atoms with Crippen molar-refractivity contribution in [2.24, 2.45) is 10.8 Å². The van der Waals surface area contributed by atoms with Crippen LogP contribution in [0.2, 0.25) is 0 Å². The van der Waals surface area contributed by atoms with Crippen molar-refractivity contribution in [2.75, 3.05) is 13.2 Å². The summed E-state index contributed by atoms with van der Waals surface area (Å²) in [5.74, 6) is 0. The topological polar surface area (TPSA) is 49.8 Å². The minimum atomic E-state index is -0.461. The van der Waals surface area contributed by atoms with Crippen LogP contribution >= 0.6 is 0 Å². The molecule has 1 amide bonds. The van der Waals surface area contributed by atoms with Gasteiger partial charge in [-0.25, -0.2) is 4.79 Å². The number of aliphatic hydroxyl groups excluding tert-OH is 1. The van der Waals surface area contributed by atoms with Gasteiger partial charge in [0.1, 0.15) is 5.60 Å². The molecule has 1 aliphatic heterocycles. The molecule has 21 heavy (non-hydrogen) atoms. The molecule has 4 nitrogen and oxygen atoms in total. The van der Waals surface area contributed by atoms with E-state index in [1.165, 1.54) is 0 Å². The van der Waals surface area contributed by atoms with Gasteiger partial charge in [-0.3, -0.25) is 0 Å². The van der Waals surface area contributed by atoms with Crippen LogP contribution in [-0.4, -0.2) is 40.9 Å². The molecule has 0 bridgehead atoms.